The van der Waals surface area contributed by atoms with Crippen LogP contribution in [0.4, 0.5) is 29.7 Å². The van der Waals surface area contributed by atoms with Crippen LogP contribution in [0.25, 0.3) is 10.9 Å². The third-order valence-electron chi connectivity index (χ3n) is 9.29. The van der Waals surface area contributed by atoms with Gasteiger partial charge in [-0.05, 0) is 98.3 Å². The summed E-state index contributed by atoms with van der Waals surface area (Å²) in [7, 11) is 0. The Morgan fingerprint density at radius 2 is 1.60 bits per heavy atom. The Morgan fingerprint density at radius 3 is 2.22 bits per heavy atom. The molecule has 1 aromatic carbocycles. The van der Waals surface area contributed by atoms with E-state index in [9.17, 15) is 27.6 Å². The number of alkyl halides is 3. The van der Waals surface area contributed by atoms with Crippen molar-refractivity contribution >= 4 is 40.6 Å². The van der Waals surface area contributed by atoms with Crippen LogP contribution in [0.15, 0.2) is 18.2 Å². The minimum Gasteiger partial charge on any atom is -0.444 e. The molecule has 0 unspecified atom stereocenters. The number of rotatable bonds is 7. The molecule has 1 aromatic heterocycles. The van der Waals surface area contributed by atoms with E-state index in [1.54, 1.807) is 9.80 Å². The van der Waals surface area contributed by atoms with Gasteiger partial charge in [-0.25, -0.2) is 9.78 Å². The number of likely N-dealkylation sites (tertiary alicyclic amines) is 2. The molecule has 2 aromatic rings. The molecular weight excluding hydrogens is 653 g/mol. The fraction of sp³-hybridized carbons (Fsp3) is 0.686. The van der Waals surface area contributed by atoms with Crippen LogP contribution in [-0.2, 0) is 20.5 Å². The van der Waals surface area contributed by atoms with E-state index in [0.29, 0.717) is 57.3 Å². The van der Waals surface area contributed by atoms with Gasteiger partial charge >= 0.3 is 12.3 Å². The number of nitrogens with one attached hydrogen (secondary N) is 4. The highest BCUT2D eigenvalue weighted by Gasteiger charge is 2.43. The Bertz CT molecular complexity index is 1570. The van der Waals surface area contributed by atoms with Crippen molar-refractivity contribution in [3.8, 4) is 0 Å². The monoisotopic (exact) mass is 704 g/mol. The van der Waals surface area contributed by atoms with Crippen molar-refractivity contribution in [2.75, 3.05) is 30.3 Å². The van der Waals surface area contributed by atoms with Crippen molar-refractivity contribution in [2.24, 2.45) is 0 Å². The van der Waals surface area contributed by atoms with Gasteiger partial charge in [-0.15, -0.1) is 0 Å². The van der Waals surface area contributed by atoms with Gasteiger partial charge in [0, 0.05) is 49.6 Å². The summed E-state index contributed by atoms with van der Waals surface area (Å²) in [5.41, 5.74) is -1.25. The van der Waals surface area contributed by atoms with E-state index in [1.165, 1.54) is 13.0 Å². The summed E-state index contributed by atoms with van der Waals surface area (Å²) >= 11 is 0. The average Bonchev–Trinajstić information content (AvgIpc) is 3.34. The van der Waals surface area contributed by atoms with Crippen LogP contribution in [0.5, 0.6) is 0 Å². The fourth-order valence-corrected chi connectivity index (χ4v) is 7.21. The maximum absolute atomic E-state index is 13.9. The van der Waals surface area contributed by atoms with E-state index in [0.717, 1.165) is 18.6 Å². The maximum atomic E-state index is 13.9. The van der Waals surface area contributed by atoms with E-state index >= 15 is 0 Å². The molecule has 276 valence electrons. The van der Waals surface area contributed by atoms with Gasteiger partial charge in [-0.1, -0.05) is 0 Å². The molecule has 15 heteroatoms. The largest absolute Gasteiger partial charge is 0.444 e. The van der Waals surface area contributed by atoms with E-state index < -0.39 is 23.4 Å². The lowest BCUT2D eigenvalue weighted by Crippen LogP contribution is -2.59. The van der Waals surface area contributed by atoms with E-state index in [-0.39, 0.29) is 64.8 Å². The lowest BCUT2D eigenvalue weighted by atomic mass is 9.84. The molecule has 3 fully saturated rings. The number of fused-ring (bicyclic) bond motifs is 1. The smallest absolute Gasteiger partial charge is 0.416 e. The van der Waals surface area contributed by atoms with Gasteiger partial charge in [-0.3, -0.25) is 9.59 Å². The van der Waals surface area contributed by atoms with Crippen LogP contribution in [0.1, 0.15) is 92.6 Å². The summed E-state index contributed by atoms with van der Waals surface area (Å²) in [6, 6.07) is 2.22. The summed E-state index contributed by atoms with van der Waals surface area (Å²) in [6.07, 6.45) is -1.15. The third kappa shape index (κ3) is 9.46. The van der Waals surface area contributed by atoms with Crippen LogP contribution in [0.3, 0.4) is 0 Å². The summed E-state index contributed by atoms with van der Waals surface area (Å²) in [4.78, 5) is 51.2. The van der Waals surface area contributed by atoms with Gasteiger partial charge in [-0.2, -0.15) is 18.2 Å². The number of hydrogen-bond acceptors (Lipinski definition) is 9. The minimum atomic E-state index is -4.58. The standard InChI is InChI=1S/C35H51F3N8O4/c1-20(47)39-27-19-23(44-33(2,3)4)9-11-28(27)46-17-14-26(30(46)48)41-29-24-18-21(35(36,37)38)8-10-25(24)42-31(43-29)40-22-12-15-45(16-13-22)32(49)50-34(5,6)7/h8,10,18,22-23,26-28,44H,9,11-17,19H2,1-7H3,(H,39,47)(H2,40,41,42,43)/t23-,26+,27-,28+/m1/s1. The second kappa shape index (κ2) is 14.4. The molecule has 2 aliphatic heterocycles. The molecule has 3 aliphatic rings. The number of amides is 3. The number of hydrogen-bond donors (Lipinski definition) is 4. The normalized spacial score (nSPS) is 24.0. The average molecular weight is 705 g/mol. The molecule has 50 heavy (non-hydrogen) atoms. The first-order valence-electron chi connectivity index (χ1n) is 17.5. The van der Waals surface area contributed by atoms with Crippen molar-refractivity contribution in [1.29, 1.82) is 0 Å². The zero-order valence-corrected chi connectivity index (χ0v) is 30.0. The number of halogens is 3. The number of nitrogens with zero attached hydrogens (tertiary/aromatic N) is 4. The summed E-state index contributed by atoms with van der Waals surface area (Å²) in [5.74, 6) is -0.00352. The molecule has 4 N–H and O–H groups in total. The lowest BCUT2D eigenvalue weighted by Gasteiger charge is -2.43. The maximum Gasteiger partial charge on any atom is 0.416 e. The van der Waals surface area contributed by atoms with E-state index in [2.05, 4.69) is 52.0 Å². The molecule has 2 saturated heterocycles. The van der Waals surface area contributed by atoms with Crippen LogP contribution in [-0.4, -0.2) is 98.7 Å². The fourth-order valence-electron chi connectivity index (χ4n) is 7.21. The van der Waals surface area contributed by atoms with Crippen LogP contribution >= 0.6 is 0 Å². The first-order valence-corrected chi connectivity index (χ1v) is 17.5. The molecule has 12 nitrogen and oxygen atoms in total. The van der Waals surface area contributed by atoms with Gasteiger partial charge in [0.2, 0.25) is 17.8 Å². The summed E-state index contributed by atoms with van der Waals surface area (Å²) in [5, 5.41) is 13.3. The van der Waals surface area contributed by atoms with Crippen molar-refractivity contribution < 1.29 is 32.3 Å². The molecule has 0 bridgehead atoms. The Kier molecular flexibility index (Phi) is 10.8. The topological polar surface area (TPSA) is 141 Å². The SMILES string of the molecule is CC(=O)N[C@@H]1C[C@H](NC(C)(C)C)CC[C@@H]1N1CC[C@H](Nc2nc(NC3CCN(C(=O)OC(C)(C)C)CC3)nc3ccc(C(F)(F)F)cc23)C1=O. The number of carbonyl (C=O) groups excluding carboxylic acids is 3. The number of piperidine rings is 1. The number of ether oxygens (including phenoxy) is 1. The van der Waals surface area contributed by atoms with Gasteiger partial charge in [0.05, 0.1) is 23.2 Å². The Morgan fingerprint density at radius 1 is 0.900 bits per heavy atom. The zero-order valence-electron chi connectivity index (χ0n) is 30.0. The van der Waals surface area contributed by atoms with Crippen LogP contribution in [0, 0.1) is 0 Å². The molecular formula is C35H51F3N8O4. The van der Waals surface area contributed by atoms with E-state index in [1.807, 2.05) is 20.8 Å². The molecule has 5 rings (SSSR count). The Hall–Kier alpha value is -3.88. The minimum absolute atomic E-state index is 0.0920. The van der Waals surface area contributed by atoms with Crippen LogP contribution in [0.2, 0.25) is 0 Å². The Balaban J connectivity index is 1.34. The lowest BCUT2D eigenvalue weighted by molar-refractivity contribution is -0.137. The molecule has 3 heterocycles. The second-order valence-corrected chi connectivity index (χ2v) is 15.8. The molecule has 0 spiro atoms. The van der Waals surface area contributed by atoms with Crippen molar-refractivity contribution in [2.45, 2.75) is 135 Å². The Labute approximate surface area is 291 Å². The predicted molar refractivity (Wildman–Crippen MR) is 185 cm³/mol. The highest BCUT2D eigenvalue weighted by Crippen LogP contribution is 2.35. The number of benzene rings is 1. The quantitative estimate of drug-likeness (QED) is 0.303. The van der Waals surface area contributed by atoms with Gasteiger partial charge < -0.3 is 35.8 Å². The highest BCUT2D eigenvalue weighted by atomic mass is 19.4. The molecule has 0 radical (unpaired) electrons. The van der Waals surface area contributed by atoms with Crippen molar-refractivity contribution in [1.82, 2.24) is 30.4 Å². The number of aromatic nitrogens is 2. The van der Waals surface area contributed by atoms with Gasteiger partial charge in [0.25, 0.3) is 0 Å². The van der Waals surface area contributed by atoms with Crippen molar-refractivity contribution in [3.63, 3.8) is 0 Å². The van der Waals surface area contributed by atoms with E-state index in [4.69, 9.17) is 4.74 Å². The molecule has 1 saturated carbocycles. The van der Waals surface area contributed by atoms with Gasteiger partial charge in [0.15, 0.2) is 0 Å². The summed E-state index contributed by atoms with van der Waals surface area (Å²) in [6.45, 7) is 14.6. The van der Waals surface area contributed by atoms with Crippen molar-refractivity contribution in [3.05, 3.63) is 23.8 Å². The second-order valence-electron chi connectivity index (χ2n) is 15.8. The highest BCUT2D eigenvalue weighted by molar-refractivity contribution is 5.94. The number of anilines is 2. The van der Waals surface area contributed by atoms with Crippen LogP contribution < -0.4 is 21.3 Å². The zero-order chi connectivity index (χ0) is 36.6. The summed E-state index contributed by atoms with van der Waals surface area (Å²) < 4.78 is 46.8. The molecule has 4 atom stereocenters. The van der Waals surface area contributed by atoms with Gasteiger partial charge in [0.1, 0.15) is 17.5 Å². The number of carbonyl (C=O) groups is 3. The first kappa shape index (κ1) is 37.4. The third-order valence-corrected chi connectivity index (χ3v) is 9.29. The molecule has 1 aliphatic carbocycles. The first-order chi connectivity index (χ1) is 23.3. The predicted octanol–water partition coefficient (Wildman–Crippen LogP) is 5.29. The molecule has 3 amide bonds.